The van der Waals surface area contributed by atoms with E-state index in [1.165, 1.54) is 30.5 Å². The minimum atomic E-state index is -0.458. The van der Waals surface area contributed by atoms with Crippen molar-refractivity contribution in [3.63, 3.8) is 0 Å². The molecule has 2 N–H and O–H groups in total. The second-order valence-electron chi connectivity index (χ2n) is 8.72. The zero-order chi connectivity index (χ0) is 24.4. The highest BCUT2D eigenvalue weighted by molar-refractivity contribution is 6.37. The summed E-state index contributed by atoms with van der Waals surface area (Å²) in [6.45, 7) is 3.19. The van der Waals surface area contributed by atoms with E-state index in [-0.39, 0.29) is 11.6 Å². The summed E-state index contributed by atoms with van der Waals surface area (Å²) in [4.78, 5) is 26.5. The molecule has 3 aromatic carbocycles. The molecule has 1 saturated heterocycles. The third-order valence-electron chi connectivity index (χ3n) is 6.42. The molecule has 178 valence electrons. The lowest BCUT2D eigenvalue weighted by molar-refractivity contribution is -0.384. The molecule has 8 heteroatoms. The Balaban J connectivity index is 1.54. The number of nitrogens with one attached hydrogen (secondary N) is 2. The maximum atomic E-state index is 13.1. The average Bonchev–Trinajstić information content (AvgIpc) is 3.50. The van der Waals surface area contributed by atoms with Crippen LogP contribution in [0.15, 0.2) is 66.7 Å². The summed E-state index contributed by atoms with van der Waals surface area (Å²) in [6.07, 6.45) is 2.50. The summed E-state index contributed by atoms with van der Waals surface area (Å²) in [5, 5.41) is 17.6. The predicted octanol–water partition coefficient (Wildman–Crippen LogP) is 5.13. The number of fused-ring (bicyclic) bond motifs is 1. The van der Waals surface area contributed by atoms with E-state index in [2.05, 4.69) is 27.7 Å². The third-order valence-corrected chi connectivity index (χ3v) is 6.42. The summed E-state index contributed by atoms with van der Waals surface area (Å²) in [7, 11) is 1.59. The summed E-state index contributed by atoms with van der Waals surface area (Å²) in [6, 6.07) is 19.9. The Bertz CT molecular complexity index is 1290. The van der Waals surface area contributed by atoms with Crippen LogP contribution in [0.5, 0.6) is 5.75 Å². The van der Waals surface area contributed by atoms with Crippen LogP contribution in [0, 0.1) is 10.1 Å². The maximum absolute atomic E-state index is 13.1. The number of methoxy groups -OCH3 is 1. The van der Waals surface area contributed by atoms with E-state index in [9.17, 15) is 14.9 Å². The van der Waals surface area contributed by atoms with Crippen molar-refractivity contribution in [2.75, 3.05) is 30.8 Å². The molecule has 1 fully saturated rings. The number of ether oxygens (including phenoxy) is 1. The highest BCUT2D eigenvalue weighted by Crippen LogP contribution is 2.39. The Morgan fingerprint density at radius 1 is 1.06 bits per heavy atom. The molecule has 2 aliphatic rings. The third kappa shape index (κ3) is 4.74. The number of nitro groups is 1. The molecule has 0 saturated carbocycles. The Morgan fingerprint density at radius 3 is 2.43 bits per heavy atom. The lowest BCUT2D eigenvalue weighted by Gasteiger charge is -2.17. The Morgan fingerprint density at radius 2 is 1.77 bits per heavy atom. The van der Waals surface area contributed by atoms with Gasteiger partial charge in [-0.2, -0.15) is 0 Å². The quantitative estimate of drug-likeness (QED) is 0.282. The van der Waals surface area contributed by atoms with Gasteiger partial charge in [0.25, 0.3) is 11.6 Å². The van der Waals surface area contributed by atoms with Gasteiger partial charge in [-0.1, -0.05) is 12.1 Å². The number of carbonyl (C=O) groups is 1. The van der Waals surface area contributed by atoms with E-state index in [0.717, 1.165) is 30.9 Å². The van der Waals surface area contributed by atoms with Crippen molar-refractivity contribution in [3.8, 4) is 5.75 Å². The highest BCUT2D eigenvalue weighted by atomic mass is 16.6. The van der Waals surface area contributed by atoms with Gasteiger partial charge in [0, 0.05) is 35.6 Å². The van der Waals surface area contributed by atoms with Crippen LogP contribution < -0.4 is 15.4 Å². The van der Waals surface area contributed by atoms with E-state index in [0.29, 0.717) is 28.3 Å². The fourth-order valence-electron chi connectivity index (χ4n) is 4.59. The Hall–Kier alpha value is -4.17. The van der Waals surface area contributed by atoms with E-state index in [4.69, 9.17) is 4.74 Å². The van der Waals surface area contributed by atoms with Crippen LogP contribution in [-0.2, 0) is 11.3 Å². The normalized spacial score (nSPS) is 16.5. The van der Waals surface area contributed by atoms with Gasteiger partial charge in [-0.25, -0.2) is 0 Å². The molecule has 0 spiro atoms. The van der Waals surface area contributed by atoms with Crippen molar-refractivity contribution in [1.82, 2.24) is 4.90 Å². The number of hydrogen-bond donors (Lipinski definition) is 2. The molecule has 1 amide bonds. The maximum Gasteiger partial charge on any atom is 0.270 e. The molecule has 0 radical (unpaired) electrons. The molecule has 35 heavy (non-hydrogen) atoms. The van der Waals surface area contributed by atoms with Crippen LogP contribution in [-0.4, -0.2) is 35.9 Å². The lowest BCUT2D eigenvalue weighted by atomic mass is 9.99. The first-order chi connectivity index (χ1) is 17.0. The van der Waals surface area contributed by atoms with Crippen LogP contribution in [0.4, 0.5) is 17.1 Å². The minimum Gasteiger partial charge on any atom is -0.497 e. The highest BCUT2D eigenvalue weighted by Gasteiger charge is 2.30. The number of amides is 1. The summed E-state index contributed by atoms with van der Waals surface area (Å²) in [5.41, 5.74) is 4.70. The van der Waals surface area contributed by atoms with Gasteiger partial charge >= 0.3 is 0 Å². The molecule has 3 aromatic rings. The Kier molecular flexibility index (Phi) is 6.20. The molecule has 0 bridgehead atoms. The van der Waals surface area contributed by atoms with Crippen molar-refractivity contribution < 1.29 is 14.5 Å². The number of nitrogens with zero attached hydrogens (tertiary/aromatic N) is 2. The van der Waals surface area contributed by atoms with Gasteiger partial charge in [-0.15, -0.1) is 0 Å². The van der Waals surface area contributed by atoms with Gasteiger partial charge in [0.2, 0.25) is 0 Å². The van der Waals surface area contributed by atoms with Crippen LogP contribution >= 0.6 is 0 Å². The average molecular weight is 471 g/mol. The largest absolute Gasteiger partial charge is 0.497 e. The van der Waals surface area contributed by atoms with E-state index >= 15 is 0 Å². The molecule has 8 nitrogen and oxygen atoms in total. The molecule has 0 aromatic heterocycles. The smallest absolute Gasteiger partial charge is 0.270 e. The van der Waals surface area contributed by atoms with Crippen LogP contribution in [0.25, 0.3) is 11.3 Å². The number of non-ortho nitro benzene ring substituents is 1. The van der Waals surface area contributed by atoms with Crippen molar-refractivity contribution in [1.29, 1.82) is 0 Å². The first-order valence-electron chi connectivity index (χ1n) is 11.6. The van der Waals surface area contributed by atoms with Crippen molar-refractivity contribution in [3.05, 3.63) is 93.5 Å². The number of likely N-dealkylation sites (tertiary alicyclic amines) is 1. The number of anilines is 2. The number of hydrogen-bond acceptors (Lipinski definition) is 6. The van der Waals surface area contributed by atoms with Gasteiger partial charge in [0.05, 0.1) is 23.3 Å². The van der Waals surface area contributed by atoms with Gasteiger partial charge in [0.15, 0.2) is 0 Å². The van der Waals surface area contributed by atoms with Crippen LogP contribution in [0.3, 0.4) is 0 Å². The fraction of sp³-hybridized carbons (Fsp3) is 0.222. The molecule has 2 heterocycles. The minimum absolute atomic E-state index is 0.0712. The SMILES string of the molecule is COc1ccc(/C(Nc2ccc(CN3CCCC3)cc2)=C2/C(=O)Nc3ccc([N+](=O)[O-])cc32)cc1. The van der Waals surface area contributed by atoms with Gasteiger partial charge in [-0.3, -0.25) is 19.8 Å². The van der Waals surface area contributed by atoms with Gasteiger partial charge < -0.3 is 15.4 Å². The summed E-state index contributed by atoms with van der Waals surface area (Å²) in [5.74, 6) is 0.376. The lowest BCUT2D eigenvalue weighted by Crippen LogP contribution is -2.18. The van der Waals surface area contributed by atoms with Crippen LogP contribution in [0.1, 0.15) is 29.5 Å². The zero-order valence-corrected chi connectivity index (χ0v) is 19.4. The Labute approximate surface area is 203 Å². The van der Waals surface area contributed by atoms with Gasteiger partial charge in [-0.05, 0) is 79.5 Å². The molecular weight excluding hydrogens is 444 g/mol. The number of benzene rings is 3. The first kappa shape index (κ1) is 22.6. The number of rotatable bonds is 7. The summed E-state index contributed by atoms with van der Waals surface area (Å²) >= 11 is 0. The molecule has 0 atom stereocenters. The van der Waals surface area contributed by atoms with Crippen molar-refractivity contribution in [2.24, 2.45) is 0 Å². The van der Waals surface area contributed by atoms with E-state index in [1.807, 2.05) is 36.4 Å². The second kappa shape index (κ2) is 9.60. The second-order valence-corrected chi connectivity index (χ2v) is 8.72. The van der Waals surface area contributed by atoms with Gasteiger partial charge in [0.1, 0.15) is 5.75 Å². The van der Waals surface area contributed by atoms with E-state index in [1.54, 1.807) is 13.2 Å². The number of nitro benzene ring substituents is 1. The molecule has 5 rings (SSSR count). The molecule has 2 aliphatic heterocycles. The molecule has 0 unspecified atom stereocenters. The zero-order valence-electron chi connectivity index (χ0n) is 19.4. The predicted molar refractivity (Wildman–Crippen MR) is 136 cm³/mol. The first-order valence-corrected chi connectivity index (χ1v) is 11.6. The molecular formula is C27H26N4O4. The topological polar surface area (TPSA) is 96.7 Å². The fourth-order valence-corrected chi connectivity index (χ4v) is 4.59. The number of carbonyl (C=O) groups excluding carboxylic acids is 1. The molecule has 0 aliphatic carbocycles. The van der Waals surface area contributed by atoms with Crippen molar-refractivity contribution >= 4 is 34.2 Å². The standard InChI is InChI=1S/C27H26N4O4/c1-35-22-11-6-19(7-12-22)26(25-23-16-21(31(33)34)10-13-24(23)29-27(25)32)28-20-8-4-18(5-9-20)17-30-14-2-3-15-30/h4-13,16,28H,2-3,14-15,17H2,1H3,(H,29,32)/b26-25-. The van der Waals surface area contributed by atoms with Crippen LogP contribution in [0.2, 0.25) is 0 Å². The van der Waals surface area contributed by atoms with E-state index < -0.39 is 4.92 Å². The monoisotopic (exact) mass is 470 g/mol. The summed E-state index contributed by atoms with van der Waals surface area (Å²) < 4.78 is 5.29. The van der Waals surface area contributed by atoms with Crippen molar-refractivity contribution in [2.45, 2.75) is 19.4 Å².